The van der Waals surface area contributed by atoms with Gasteiger partial charge in [0.2, 0.25) is 11.0 Å². The van der Waals surface area contributed by atoms with Crippen LogP contribution in [0.4, 0.5) is 13.2 Å². The van der Waals surface area contributed by atoms with Crippen LogP contribution in [0.1, 0.15) is 24.0 Å². The minimum absolute atomic E-state index is 0.0722. The molecule has 0 unspecified atom stereocenters. The van der Waals surface area contributed by atoms with Gasteiger partial charge in [-0.3, -0.25) is 4.79 Å². The third kappa shape index (κ3) is 4.99. The Hall–Kier alpha value is -3.63. The summed E-state index contributed by atoms with van der Waals surface area (Å²) in [5.74, 6) is -0.441. The molecular weight excluding hydrogens is 505 g/mol. The first-order valence-electron chi connectivity index (χ1n) is 11.7. The third-order valence-corrected chi connectivity index (χ3v) is 8.20. The van der Waals surface area contributed by atoms with E-state index in [-0.39, 0.29) is 23.7 Å². The van der Waals surface area contributed by atoms with E-state index >= 15 is 0 Å². The van der Waals surface area contributed by atoms with Crippen molar-refractivity contribution in [2.24, 2.45) is 0 Å². The molecule has 37 heavy (non-hydrogen) atoms. The number of amides is 1. The van der Waals surface area contributed by atoms with Crippen molar-refractivity contribution in [3.8, 4) is 11.1 Å². The number of carbonyl (C=O) groups excluding carboxylic acids is 1. The monoisotopic (exact) mass is 528 g/mol. The van der Waals surface area contributed by atoms with Gasteiger partial charge < -0.3 is 9.73 Å². The fraction of sp³-hybridized carbons (Fsp3) is 0.222. The molecule has 1 aromatic heterocycles. The average Bonchev–Trinajstić information content (AvgIpc) is 3.56. The third-order valence-electron chi connectivity index (χ3n) is 6.44. The number of alkyl halides is 3. The number of hydrogen-bond acceptors (Lipinski definition) is 4. The molecule has 6 nitrogen and oxygen atoms in total. The van der Waals surface area contributed by atoms with Crippen LogP contribution in [0.5, 0.6) is 0 Å². The van der Waals surface area contributed by atoms with E-state index in [9.17, 15) is 26.4 Å². The Morgan fingerprint density at radius 1 is 1.00 bits per heavy atom. The summed E-state index contributed by atoms with van der Waals surface area (Å²) in [6.45, 7) is 0.305. The largest absolute Gasteiger partial charge is 0.443 e. The van der Waals surface area contributed by atoms with E-state index in [1.165, 1.54) is 18.2 Å². The number of sulfonamides is 1. The molecule has 2 heterocycles. The molecule has 1 N–H and O–H groups in total. The molecule has 5 rings (SSSR count). The lowest BCUT2D eigenvalue weighted by Gasteiger charge is -2.22. The molecule has 0 radical (unpaired) electrons. The number of hydrogen-bond donors (Lipinski definition) is 1. The highest BCUT2D eigenvalue weighted by Crippen LogP contribution is 2.37. The molecule has 1 amide bonds. The van der Waals surface area contributed by atoms with Crippen molar-refractivity contribution in [3.05, 3.63) is 90.0 Å². The maximum atomic E-state index is 13.3. The van der Waals surface area contributed by atoms with Crippen LogP contribution in [0.2, 0.25) is 0 Å². The molecule has 0 bridgehead atoms. The second-order valence-corrected chi connectivity index (χ2v) is 10.7. The molecule has 4 aromatic rings. The Bertz CT molecular complexity index is 1510. The molecular formula is C27H23F3N2O4S. The molecule has 1 atom stereocenters. The zero-order valence-corrected chi connectivity index (χ0v) is 20.4. The van der Waals surface area contributed by atoms with Gasteiger partial charge in [-0.25, -0.2) is 8.42 Å². The first-order chi connectivity index (χ1) is 17.6. The van der Waals surface area contributed by atoms with Crippen molar-refractivity contribution in [1.29, 1.82) is 0 Å². The minimum atomic E-state index is -4.47. The number of nitrogens with zero attached hydrogens (tertiary/aromatic N) is 1. The molecule has 0 aliphatic carbocycles. The van der Waals surface area contributed by atoms with Crippen LogP contribution in [-0.4, -0.2) is 31.2 Å². The molecule has 3 aromatic carbocycles. The summed E-state index contributed by atoms with van der Waals surface area (Å²) in [5, 5.41) is 3.21. The van der Waals surface area contributed by atoms with Crippen molar-refractivity contribution in [2.75, 3.05) is 6.54 Å². The van der Waals surface area contributed by atoms with Crippen molar-refractivity contribution >= 4 is 26.9 Å². The van der Waals surface area contributed by atoms with Gasteiger partial charge in [0.15, 0.2) is 0 Å². The predicted molar refractivity (Wildman–Crippen MR) is 132 cm³/mol. The normalized spacial score (nSPS) is 16.8. The van der Waals surface area contributed by atoms with Crippen LogP contribution in [0.25, 0.3) is 22.1 Å². The summed E-state index contributed by atoms with van der Waals surface area (Å²) < 4.78 is 73.2. The van der Waals surface area contributed by atoms with Gasteiger partial charge in [-0.05, 0) is 41.7 Å². The highest BCUT2D eigenvalue weighted by atomic mass is 32.2. The van der Waals surface area contributed by atoms with E-state index < -0.39 is 33.7 Å². The molecule has 1 fully saturated rings. The van der Waals surface area contributed by atoms with E-state index in [2.05, 4.69) is 5.32 Å². The number of halogens is 3. The van der Waals surface area contributed by atoms with Crippen LogP contribution in [0, 0.1) is 0 Å². The standard InChI is InChI=1S/C27H23F3N2O4S/c28-27(29,30)22-8-3-2-7-21(22)19-13-11-18(12-14-19)17-31-26(33)23-9-5-15-32(23)37(34,35)25-16-20-6-1-4-10-24(20)36-25/h1-4,6-8,10-14,16,23H,5,9,15,17H2,(H,31,33)/t23-/m0/s1. The van der Waals surface area contributed by atoms with Gasteiger partial charge in [0, 0.05) is 24.5 Å². The van der Waals surface area contributed by atoms with Gasteiger partial charge >= 0.3 is 6.18 Å². The van der Waals surface area contributed by atoms with Crippen molar-refractivity contribution in [1.82, 2.24) is 9.62 Å². The number of para-hydroxylation sites is 1. The van der Waals surface area contributed by atoms with Gasteiger partial charge in [-0.15, -0.1) is 0 Å². The molecule has 1 saturated heterocycles. The van der Waals surface area contributed by atoms with E-state index in [0.717, 1.165) is 10.4 Å². The van der Waals surface area contributed by atoms with Crippen LogP contribution in [0.3, 0.4) is 0 Å². The van der Waals surface area contributed by atoms with Crippen LogP contribution >= 0.6 is 0 Å². The predicted octanol–water partition coefficient (Wildman–Crippen LogP) is 5.59. The van der Waals surface area contributed by atoms with E-state index in [0.29, 0.717) is 34.9 Å². The molecule has 0 spiro atoms. The minimum Gasteiger partial charge on any atom is -0.443 e. The van der Waals surface area contributed by atoms with Crippen molar-refractivity contribution in [3.63, 3.8) is 0 Å². The average molecular weight is 529 g/mol. The SMILES string of the molecule is O=C(NCc1ccc(-c2ccccc2C(F)(F)F)cc1)[C@@H]1CCCN1S(=O)(=O)c1cc2ccccc2o1. The Kier molecular flexibility index (Phi) is 6.55. The van der Waals surface area contributed by atoms with Gasteiger partial charge in [0.25, 0.3) is 10.0 Å². The Morgan fingerprint density at radius 3 is 2.43 bits per heavy atom. The summed E-state index contributed by atoms with van der Waals surface area (Å²) in [6, 6.07) is 19.3. The first kappa shape index (κ1) is 25.0. The van der Waals surface area contributed by atoms with Gasteiger partial charge in [-0.1, -0.05) is 60.7 Å². The lowest BCUT2D eigenvalue weighted by Crippen LogP contribution is -2.45. The van der Waals surface area contributed by atoms with E-state index in [4.69, 9.17) is 4.42 Å². The highest BCUT2D eigenvalue weighted by molar-refractivity contribution is 7.89. The van der Waals surface area contributed by atoms with Crippen LogP contribution in [-0.2, 0) is 27.5 Å². The van der Waals surface area contributed by atoms with Gasteiger partial charge in [0.05, 0.1) is 5.56 Å². The summed E-state index contributed by atoms with van der Waals surface area (Å²) in [6.07, 6.45) is -3.57. The Balaban J connectivity index is 1.28. The second kappa shape index (κ2) is 9.68. The fourth-order valence-electron chi connectivity index (χ4n) is 4.58. The lowest BCUT2D eigenvalue weighted by molar-refractivity contribution is -0.137. The molecule has 1 aliphatic rings. The number of benzene rings is 3. The second-order valence-electron chi connectivity index (χ2n) is 8.84. The van der Waals surface area contributed by atoms with Crippen molar-refractivity contribution in [2.45, 2.75) is 36.7 Å². The molecule has 1 aliphatic heterocycles. The number of fused-ring (bicyclic) bond motifs is 1. The summed E-state index contributed by atoms with van der Waals surface area (Å²) in [7, 11) is -4.02. The first-order valence-corrected chi connectivity index (χ1v) is 13.1. The summed E-state index contributed by atoms with van der Waals surface area (Å²) >= 11 is 0. The summed E-state index contributed by atoms with van der Waals surface area (Å²) in [5.41, 5.74) is 0.877. The Labute approximate surface area is 211 Å². The zero-order chi connectivity index (χ0) is 26.2. The van der Waals surface area contributed by atoms with Crippen LogP contribution < -0.4 is 5.32 Å². The van der Waals surface area contributed by atoms with E-state index in [1.807, 2.05) is 0 Å². The van der Waals surface area contributed by atoms with Crippen LogP contribution in [0.15, 0.2) is 88.4 Å². The number of rotatable bonds is 6. The molecule has 0 saturated carbocycles. The maximum Gasteiger partial charge on any atom is 0.417 e. The summed E-state index contributed by atoms with van der Waals surface area (Å²) in [4.78, 5) is 12.9. The number of nitrogens with one attached hydrogen (secondary N) is 1. The maximum absolute atomic E-state index is 13.3. The quantitative estimate of drug-likeness (QED) is 0.354. The fourth-order valence-corrected chi connectivity index (χ4v) is 6.19. The lowest BCUT2D eigenvalue weighted by atomic mass is 9.98. The molecule has 192 valence electrons. The topological polar surface area (TPSA) is 79.6 Å². The number of carbonyl (C=O) groups is 1. The smallest absolute Gasteiger partial charge is 0.417 e. The highest BCUT2D eigenvalue weighted by Gasteiger charge is 2.41. The molecule has 10 heteroatoms. The zero-order valence-electron chi connectivity index (χ0n) is 19.5. The van der Waals surface area contributed by atoms with Gasteiger partial charge in [-0.2, -0.15) is 17.5 Å². The Morgan fingerprint density at radius 2 is 1.70 bits per heavy atom. The van der Waals surface area contributed by atoms with E-state index in [1.54, 1.807) is 54.6 Å². The van der Waals surface area contributed by atoms with Gasteiger partial charge in [0.1, 0.15) is 11.6 Å². The van der Waals surface area contributed by atoms with Crippen molar-refractivity contribution < 1.29 is 30.8 Å². The number of furan rings is 1.